The molecule has 1 aliphatic rings. The van der Waals surface area contributed by atoms with E-state index in [1.807, 2.05) is 18.2 Å². The van der Waals surface area contributed by atoms with Gasteiger partial charge in [-0.15, -0.1) is 24.0 Å². The van der Waals surface area contributed by atoms with E-state index in [1.165, 1.54) is 45.7 Å². The summed E-state index contributed by atoms with van der Waals surface area (Å²) < 4.78 is 5.20. The Morgan fingerprint density at radius 2 is 1.83 bits per heavy atom. The molecule has 1 heterocycles. The van der Waals surface area contributed by atoms with Gasteiger partial charge in [-0.05, 0) is 57.0 Å². The molecule has 2 N–H and O–H groups in total. The van der Waals surface area contributed by atoms with Crippen LogP contribution in [0.3, 0.4) is 0 Å². The molecule has 1 saturated heterocycles. The number of piperazine rings is 1. The predicted molar refractivity (Wildman–Crippen MR) is 139 cm³/mol. The highest BCUT2D eigenvalue weighted by molar-refractivity contribution is 14.0. The van der Waals surface area contributed by atoms with Crippen LogP contribution in [0.5, 0.6) is 5.75 Å². The van der Waals surface area contributed by atoms with E-state index in [9.17, 15) is 0 Å². The first-order chi connectivity index (χ1) is 14.2. The molecule has 30 heavy (non-hydrogen) atoms. The smallest absolute Gasteiger partial charge is 0.191 e. The third kappa shape index (κ3) is 10.0. The first kappa shape index (κ1) is 27.3. The summed E-state index contributed by atoms with van der Waals surface area (Å²) in [6.45, 7) is 14.0. The van der Waals surface area contributed by atoms with Crippen LogP contribution in [0.1, 0.15) is 32.3 Å². The average Bonchev–Trinajstić information content (AvgIpc) is 2.75. The molecule has 0 atom stereocenters. The van der Waals surface area contributed by atoms with Crippen molar-refractivity contribution in [2.75, 3.05) is 66.0 Å². The molecular formula is C22H39ClIN5O. The third-order valence-electron chi connectivity index (χ3n) is 5.36. The van der Waals surface area contributed by atoms with Gasteiger partial charge in [-0.2, -0.15) is 0 Å². The zero-order valence-corrected chi connectivity index (χ0v) is 21.8. The number of likely N-dealkylation sites (N-methyl/N-ethyl adjacent to an activating group) is 1. The van der Waals surface area contributed by atoms with Crippen LogP contribution in [0.25, 0.3) is 0 Å². The van der Waals surface area contributed by atoms with Crippen molar-refractivity contribution in [3.8, 4) is 5.75 Å². The van der Waals surface area contributed by atoms with E-state index in [1.54, 1.807) is 7.11 Å². The Morgan fingerprint density at radius 3 is 2.47 bits per heavy atom. The number of unbranched alkanes of at least 4 members (excludes halogenated alkanes) is 1. The minimum atomic E-state index is 0. The van der Waals surface area contributed by atoms with E-state index in [0.717, 1.165) is 54.8 Å². The maximum Gasteiger partial charge on any atom is 0.191 e. The molecule has 1 fully saturated rings. The third-order valence-corrected chi connectivity index (χ3v) is 5.71. The monoisotopic (exact) mass is 551 g/mol. The minimum Gasteiger partial charge on any atom is -0.497 e. The van der Waals surface area contributed by atoms with Gasteiger partial charge in [0.25, 0.3) is 0 Å². The number of ether oxygens (including phenoxy) is 1. The Hall–Kier alpha value is -0.770. The minimum absolute atomic E-state index is 0. The molecule has 172 valence electrons. The summed E-state index contributed by atoms with van der Waals surface area (Å²) >= 11 is 6.32. The molecule has 1 aromatic carbocycles. The number of benzene rings is 1. The summed E-state index contributed by atoms with van der Waals surface area (Å²) in [6.07, 6.45) is 3.17. The lowest BCUT2D eigenvalue weighted by Gasteiger charge is -2.33. The normalized spacial score (nSPS) is 15.5. The molecule has 0 saturated carbocycles. The number of halogens is 2. The van der Waals surface area contributed by atoms with Gasteiger partial charge in [0.05, 0.1) is 7.11 Å². The summed E-state index contributed by atoms with van der Waals surface area (Å²) in [7, 11) is 1.65. The second-order valence-corrected chi connectivity index (χ2v) is 7.78. The molecule has 0 bridgehead atoms. The standard InChI is InChI=1S/C22H38ClN5O.HI/c1-4-24-22(26-12-10-19-8-9-20(29-3)18-21(19)23)25-11-6-7-13-28-16-14-27(5-2)15-17-28;/h8-9,18H,4-7,10-17H2,1-3H3,(H2,24,25,26);1H. The van der Waals surface area contributed by atoms with E-state index in [-0.39, 0.29) is 24.0 Å². The van der Waals surface area contributed by atoms with Crippen LogP contribution in [0.2, 0.25) is 5.02 Å². The van der Waals surface area contributed by atoms with E-state index >= 15 is 0 Å². The van der Waals surface area contributed by atoms with Crippen molar-refractivity contribution < 1.29 is 4.74 Å². The lowest BCUT2D eigenvalue weighted by molar-refractivity contribution is 0.136. The molecule has 0 spiro atoms. The quantitative estimate of drug-likeness (QED) is 0.191. The lowest BCUT2D eigenvalue weighted by Crippen LogP contribution is -2.46. The molecule has 0 aliphatic carbocycles. The van der Waals surface area contributed by atoms with Crippen molar-refractivity contribution >= 4 is 41.5 Å². The lowest BCUT2D eigenvalue weighted by atomic mass is 10.1. The Labute approximate surface area is 204 Å². The summed E-state index contributed by atoms with van der Waals surface area (Å²) in [5, 5.41) is 7.48. The highest BCUT2D eigenvalue weighted by Gasteiger charge is 2.14. The fourth-order valence-electron chi connectivity index (χ4n) is 3.48. The van der Waals surface area contributed by atoms with Gasteiger partial charge < -0.3 is 25.2 Å². The van der Waals surface area contributed by atoms with Crippen LogP contribution in [0.4, 0.5) is 0 Å². The molecular weight excluding hydrogens is 513 g/mol. The number of guanidine groups is 1. The van der Waals surface area contributed by atoms with Gasteiger partial charge in [0, 0.05) is 50.8 Å². The first-order valence-electron chi connectivity index (χ1n) is 11.0. The average molecular weight is 552 g/mol. The van der Waals surface area contributed by atoms with E-state index in [2.05, 4.69) is 34.3 Å². The van der Waals surface area contributed by atoms with Crippen molar-refractivity contribution in [2.45, 2.75) is 33.1 Å². The Kier molecular flexibility index (Phi) is 14.5. The maximum absolute atomic E-state index is 6.32. The maximum atomic E-state index is 6.32. The van der Waals surface area contributed by atoms with Crippen molar-refractivity contribution in [3.05, 3.63) is 28.8 Å². The van der Waals surface area contributed by atoms with Crippen molar-refractivity contribution in [3.63, 3.8) is 0 Å². The molecule has 0 unspecified atom stereocenters. The van der Waals surface area contributed by atoms with E-state index in [4.69, 9.17) is 21.3 Å². The number of nitrogens with one attached hydrogen (secondary N) is 2. The Bertz CT molecular complexity index is 624. The molecule has 2 rings (SSSR count). The second-order valence-electron chi connectivity index (χ2n) is 7.38. The van der Waals surface area contributed by atoms with Crippen molar-refractivity contribution in [1.82, 2.24) is 20.4 Å². The summed E-state index contributed by atoms with van der Waals surface area (Å²) in [5.74, 6) is 1.67. The van der Waals surface area contributed by atoms with Crippen LogP contribution in [-0.4, -0.2) is 81.8 Å². The number of nitrogens with zero attached hydrogens (tertiary/aromatic N) is 3. The van der Waals surface area contributed by atoms with Crippen LogP contribution in [-0.2, 0) is 6.42 Å². The number of methoxy groups -OCH3 is 1. The second kappa shape index (κ2) is 15.9. The van der Waals surface area contributed by atoms with Gasteiger partial charge >= 0.3 is 0 Å². The molecule has 1 aliphatic heterocycles. The Balaban J connectivity index is 0.00000450. The summed E-state index contributed by atoms with van der Waals surface area (Å²) in [6, 6.07) is 5.83. The van der Waals surface area contributed by atoms with Gasteiger partial charge in [0.2, 0.25) is 0 Å². The molecule has 6 nitrogen and oxygen atoms in total. The van der Waals surface area contributed by atoms with Crippen LogP contribution in [0, 0.1) is 0 Å². The fourth-order valence-corrected chi connectivity index (χ4v) is 3.75. The van der Waals surface area contributed by atoms with Crippen molar-refractivity contribution in [1.29, 1.82) is 0 Å². The van der Waals surface area contributed by atoms with Gasteiger partial charge in [0.15, 0.2) is 5.96 Å². The van der Waals surface area contributed by atoms with Gasteiger partial charge in [-0.25, -0.2) is 0 Å². The van der Waals surface area contributed by atoms with E-state index < -0.39 is 0 Å². The topological polar surface area (TPSA) is 52.1 Å². The zero-order valence-electron chi connectivity index (χ0n) is 18.8. The molecule has 8 heteroatoms. The van der Waals surface area contributed by atoms with Gasteiger partial charge in [-0.3, -0.25) is 4.99 Å². The molecule has 1 aromatic rings. The molecule has 0 radical (unpaired) electrons. The number of rotatable bonds is 11. The van der Waals surface area contributed by atoms with Gasteiger partial charge in [0.1, 0.15) is 5.75 Å². The molecule has 0 amide bonds. The van der Waals surface area contributed by atoms with E-state index in [0.29, 0.717) is 0 Å². The van der Waals surface area contributed by atoms with Crippen LogP contribution in [0.15, 0.2) is 23.2 Å². The molecule has 0 aromatic heterocycles. The van der Waals surface area contributed by atoms with Gasteiger partial charge in [-0.1, -0.05) is 24.6 Å². The summed E-state index contributed by atoms with van der Waals surface area (Å²) in [5.41, 5.74) is 1.11. The fraction of sp³-hybridized carbons (Fsp3) is 0.682. The highest BCUT2D eigenvalue weighted by Crippen LogP contribution is 2.22. The zero-order chi connectivity index (χ0) is 20.9. The largest absolute Gasteiger partial charge is 0.497 e. The number of aliphatic imine (C=N–C) groups is 1. The Morgan fingerprint density at radius 1 is 1.10 bits per heavy atom. The predicted octanol–water partition coefficient (Wildman–Crippen LogP) is 3.48. The van der Waals surface area contributed by atoms with Crippen molar-refractivity contribution in [2.24, 2.45) is 4.99 Å². The first-order valence-corrected chi connectivity index (χ1v) is 11.3. The van der Waals surface area contributed by atoms with Crippen LogP contribution < -0.4 is 15.4 Å². The SMILES string of the molecule is CCNC(=NCCCCN1CCN(CC)CC1)NCCc1ccc(OC)cc1Cl.I. The number of hydrogen-bond donors (Lipinski definition) is 2. The van der Waals surface area contributed by atoms with Crippen LogP contribution >= 0.6 is 35.6 Å². The summed E-state index contributed by atoms with van der Waals surface area (Å²) in [4.78, 5) is 9.82. The highest BCUT2D eigenvalue weighted by atomic mass is 127. The number of hydrogen-bond acceptors (Lipinski definition) is 4.